The molecule has 0 saturated carbocycles. The highest BCUT2D eigenvalue weighted by atomic mass is 32.2. The van der Waals surface area contributed by atoms with E-state index in [0.717, 1.165) is 23.3 Å². The van der Waals surface area contributed by atoms with Gasteiger partial charge in [0, 0.05) is 24.1 Å². The predicted molar refractivity (Wildman–Crippen MR) is 118 cm³/mol. The van der Waals surface area contributed by atoms with Crippen LogP contribution in [-0.4, -0.2) is 32.2 Å². The number of carbonyl (C=O) groups is 1. The van der Waals surface area contributed by atoms with Crippen molar-refractivity contribution in [1.29, 1.82) is 0 Å². The van der Waals surface area contributed by atoms with Crippen LogP contribution in [0.3, 0.4) is 0 Å². The lowest BCUT2D eigenvalue weighted by Crippen LogP contribution is -2.41. The fourth-order valence-corrected chi connectivity index (χ4v) is 5.83. The van der Waals surface area contributed by atoms with Gasteiger partial charge in [-0.3, -0.25) is 9.10 Å². The Balaban J connectivity index is 1.53. The second kappa shape index (κ2) is 7.61. The van der Waals surface area contributed by atoms with E-state index in [1.54, 1.807) is 24.3 Å². The average Bonchev–Trinajstić information content (AvgIpc) is 2.66. The van der Waals surface area contributed by atoms with E-state index < -0.39 is 10.0 Å². The number of anilines is 1. The van der Waals surface area contributed by atoms with Crippen LogP contribution < -0.4 is 14.4 Å². The molecule has 160 valence electrons. The first kappa shape index (κ1) is 20.7. The molecule has 2 aromatic rings. The predicted octanol–water partition coefficient (Wildman–Crippen LogP) is 3.96. The van der Waals surface area contributed by atoms with Crippen molar-refractivity contribution in [1.82, 2.24) is 5.32 Å². The first-order valence-corrected chi connectivity index (χ1v) is 12.0. The highest BCUT2D eigenvalue weighted by molar-refractivity contribution is 7.92. The van der Waals surface area contributed by atoms with Crippen LogP contribution in [-0.2, 0) is 10.0 Å². The van der Waals surface area contributed by atoms with Gasteiger partial charge in [0.05, 0.1) is 17.5 Å². The molecule has 1 saturated heterocycles. The largest absolute Gasteiger partial charge is 0.487 e. The summed E-state index contributed by atoms with van der Waals surface area (Å²) in [6.45, 7) is 6.54. The summed E-state index contributed by atoms with van der Waals surface area (Å²) >= 11 is 0. The van der Waals surface area contributed by atoms with Crippen LogP contribution >= 0.6 is 0 Å². The third kappa shape index (κ3) is 4.17. The monoisotopic (exact) mass is 428 g/mol. The van der Waals surface area contributed by atoms with Gasteiger partial charge >= 0.3 is 0 Å². The van der Waals surface area contributed by atoms with Crippen LogP contribution in [0.5, 0.6) is 5.75 Å². The molecule has 2 aliphatic heterocycles. The summed E-state index contributed by atoms with van der Waals surface area (Å²) in [6, 6.07) is 12.7. The first-order chi connectivity index (χ1) is 14.1. The van der Waals surface area contributed by atoms with Gasteiger partial charge in [0.15, 0.2) is 0 Å². The van der Waals surface area contributed by atoms with E-state index in [2.05, 4.69) is 5.32 Å². The lowest BCUT2D eigenvalue weighted by molar-refractivity contribution is 0.0619. The number of ether oxygens (including phenoxy) is 1. The summed E-state index contributed by atoms with van der Waals surface area (Å²) in [7, 11) is -3.26. The molecule has 0 bridgehead atoms. The highest BCUT2D eigenvalue weighted by Crippen LogP contribution is 2.40. The third-order valence-electron chi connectivity index (χ3n) is 5.70. The molecule has 7 heteroatoms. The molecule has 30 heavy (non-hydrogen) atoms. The minimum atomic E-state index is -3.26. The molecule has 2 aliphatic rings. The highest BCUT2D eigenvalue weighted by Gasteiger charge is 2.34. The lowest BCUT2D eigenvalue weighted by Gasteiger charge is -2.38. The van der Waals surface area contributed by atoms with Crippen molar-refractivity contribution in [3.05, 3.63) is 59.2 Å². The number of fused-ring (bicyclic) bond motifs is 1. The minimum absolute atomic E-state index is 0.154. The van der Waals surface area contributed by atoms with E-state index in [4.69, 9.17) is 4.74 Å². The molecular formula is C23H28N2O4S. The van der Waals surface area contributed by atoms with E-state index in [1.165, 1.54) is 4.31 Å². The molecule has 1 atom stereocenters. The number of rotatable bonds is 3. The maximum Gasteiger partial charge on any atom is 0.251 e. The standard InChI is InChI=1S/C23H28N2O4S/c1-16-6-11-19-20(15-23(2,3)29-21(19)14-16)24-22(26)17-7-9-18(10-8-17)25-12-4-5-13-30(25,27)28/h6-11,14,20H,4-5,12-13,15H2,1-3H3,(H,24,26)/t20-/m0/s1. The first-order valence-electron chi connectivity index (χ1n) is 10.4. The van der Waals surface area contributed by atoms with E-state index in [9.17, 15) is 13.2 Å². The normalized spacial score (nSPS) is 22.0. The van der Waals surface area contributed by atoms with E-state index in [-0.39, 0.29) is 23.3 Å². The Labute approximate surface area is 178 Å². The van der Waals surface area contributed by atoms with Crippen molar-refractivity contribution in [2.24, 2.45) is 0 Å². The van der Waals surface area contributed by atoms with Gasteiger partial charge < -0.3 is 10.1 Å². The molecular weight excluding hydrogens is 400 g/mol. The van der Waals surface area contributed by atoms with Crippen molar-refractivity contribution < 1.29 is 17.9 Å². The van der Waals surface area contributed by atoms with Gasteiger partial charge in [-0.1, -0.05) is 12.1 Å². The molecule has 0 radical (unpaired) electrons. The van der Waals surface area contributed by atoms with Gasteiger partial charge in [0.25, 0.3) is 5.91 Å². The third-order valence-corrected chi connectivity index (χ3v) is 7.57. The Kier molecular flexibility index (Phi) is 5.26. The quantitative estimate of drug-likeness (QED) is 0.803. The summed E-state index contributed by atoms with van der Waals surface area (Å²) in [5.41, 5.74) is 2.82. The fraction of sp³-hybridized carbons (Fsp3) is 0.435. The topological polar surface area (TPSA) is 75.7 Å². The number of sulfonamides is 1. The molecule has 0 unspecified atom stereocenters. The van der Waals surface area contributed by atoms with E-state index >= 15 is 0 Å². The summed E-state index contributed by atoms with van der Waals surface area (Å²) < 4.78 is 32.1. The van der Waals surface area contributed by atoms with Crippen LogP contribution in [0.2, 0.25) is 0 Å². The second-order valence-electron chi connectivity index (χ2n) is 8.78. The van der Waals surface area contributed by atoms with Gasteiger partial charge in [0.2, 0.25) is 10.0 Å². The number of carbonyl (C=O) groups excluding carboxylic acids is 1. The number of benzene rings is 2. The van der Waals surface area contributed by atoms with Crippen molar-refractivity contribution in [3.8, 4) is 5.75 Å². The molecule has 0 aliphatic carbocycles. The van der Waals surface area contributed by atoms with Crippen molar-refractivity contribution in [2.45, 2.75) is 51.7 Å². The molecule has 1 N–H and O–H groups in total. The van der Waals surface area contributed by atoms with Crippen molar-refractivity contribution >= 4 is 21.6 Å². The Morgan fingerprint density at radius 3 is 2.57 bits per heavy atom. The molecule has 0 aromatic heterocycles. The fourth-order valence-electron chi connectivity index (χ4n) is 4.19. The van der Waals surface area contributed by atoms with Crippen LogP contribution in [0, 0.1) is 6.92 Å². The van der Waals surface area contributed by atoms with Crippen LogP contribution in [0.4, 0.5) is 5.69 Å². The molecule has 0 spiro atoms. The second-order valence-corrected chi connectivity index (χ2v) is 10.8. The number of hydrogen-bond donors (Lipinski definition) is 1. The molecule has 2 aromatic carbocycles. The summed E-state index contributed by atoms with van der Waals surface area (Å²) in [4.78, 5) is 12.9. The summed E-state index contributed by atoms with van der Waals surface area (Å²) in [5, 5.41) is 3.13. The Morgan fingerprint density at radius 1 is 1.13 bits per heavy atom. The van der Waals surface area contributed by atoms with Crippen molar-refractivity contribution in [3.63, 3.8) is 0 Å². The van der Waals surface area contributed by atoms with Crippen LogP contribution in [0.1, 0.15) is 60.6 Å². The maximum absolute atomic E-state index is 12.9. The maximum atomic E-state index is 12.9. The number of aryl methyl sites for hydroxylation is 1. The average molecular weight is 429 g/mol. The van der Waals surface area contributed by atoms with E-state index in [0.29, 0.717) is 30.6 Å². The van der Waals surface area contributed by atoms with Crippen LogP contribution in [0.15, 0.2) is 42.5 Å². The Bertz CT molecular complexity index is 1060. The summed E-state index contributed by atoms with van der Waals surface area (Å²) in [5.74, 6) is 0.799. The van der Waals surface area contributed by atoms with Gasteiger partial charge in [-0.15, -0.1) is 0 Å². The number of hydrogen-bond acceptors (Lipinski definition) is 4. The zero-order valence-electron chi connectivity index (χ0n) is 17.6. The zero-order valence-corrected chi connectivity index (χ0v) is 18.5. The smallest absolute Gasteiger partial charge is 0.251 e. The van der Waals surface area contributed by atoms with Crippen molar-refractivity contribution in [2.75, 3.05) is 16.6 Å². The van der Waals surface area contributed by atoms with Gasteiger partial charge in [-0.05, 0) is 69.5 Å². The molecule has 6 nitrogen and oxygen atoms in total. The molecule has 4 rings (SSSR count). The van der Waals surface area contributed by atoms with Gasteiger partial charge in [-0.2, -0.15) is 0 Å². The van der Waals surface area contributed by atoms with E-state index in [1.807, 2.05) is 39.0 Å². The lowest BCUT2D eigenvalue weighted by atomic mass is 9.89. The van der Waals surface area contributed by atoms with Gasteiger partial charge in [-0.25, -0.2) is 8.42 Å². The summed E-state index contributed by atoms with van der Waals surface area (Å²) in [6.07, 6.45) is 2.21. The Morgan fingerprint density at radius 2 is 1.87 bits per heavy atom. The minimum Gasteiger partial charge on any atom is -0.487 e. The number of amides is 1. The molecule has 1 amide bonds. The van der Waals surface area contributed by atoms with Crippen LogP contribution in [0.25, 0.3) is 0 Å². The zero-order chi connectivity index (χ0) is 21.5. The van der Waals surface area contributed by atoms with Gasteiger partial charge in [0.1, 0.15) is 11.4 Å². The Hall–Kier alpha value is -2.54. The SMILES string of the molecule is Cc1ccc2c(c1)OC(C)(C)C[C@@H]2NC(=O)c1ccc(N2CCCCS2(=O)=O)cc1. The number of nitrogens with one attached hydrogen (secondary N) is 1. The number of nitrogens with zero attached hydrogens (tertiary/aromatic N) is 1. The molecule has 2 heterocycles. The molecule has 1 fully saturated rings.